The molecule has 0 aliphatic carbocycles. The lowest BCUT2D eigenvalue weighted by Gasteiger charge is -2.05. The van der Waals surface area contributed by atoms with E-state index in [1.807, 2.05) is 24.3 Å². The van der Waals surface area contributed by atoms with Crippen molar-refractivity contribution in [2.24, 2.45) is 0 Å². The number of ether oxygens (including phenoxy) is 1. The average molecular weight is 234 g/mol. The smallest absolute Gasteiger partial charge is 0.300 e. The molecule has 0 radical (unpaired) electrons. The third-order valence-electron chi connectivity index (χ3n) is 2.08. The molecule has 0 aliphatic heterocycles. The summed E-state index contributed by atoms with van der Waals surface area (Å²) in [4.78, 5) is 9.00. The lowest BCUT2D eigenvalue weighted by Crippen LogP contribution is -1.84. The summed E-state index contributed by atoms with van der Waals surface area (Å²) in [5.41, 5.74) is 0. The number of carboxylic acid groups (broad SMARTS) is 1. The van der Waals surface area contributed by atoms with Crippen LogP contribution in [0.1, 0.15) is 6.92 Å². The van der Waals surface area contributed by atoms with Crippen LogP contribution in [0, 0.1) is 0 Å². The SMILES string of the molecule is CC(=O)O.COc1ccc(O)c2ccccc12. The molecule has 0 atom stereocenters. The van der Waals surface area contributed by atoms with Gasteiger partial charge in [-0.3, -0.25) is 4.79 Å². The standard InChI is InChI=1S/C11H10O2.C2H4O2/c1-13-11-7-6-10(12)8-4-2-3-5-9(8)11;1-2(3)4/h2-7,12H,1H3;1H3,(H,3,4). The third kappa shape index (κ3) is 3.38. The highest BCUT2D eigenvalue weighted by Crippen LogP contribution is 2.31. The van der Waals surface area contributed by atoms with Crippen molar-refractivity contribution in [3.63, 3.8) is 0 Å². The van der Waals surface area contributed by atoms with Crippen LogP contribution in [0.4, 0.5) is 0 Å². The maximum Gasteiger partial charge on any atom is 0.300 e. The van der Waals surface area contributed by atoms with Crippen molar-refractivity contribution < 1.29 is 19.7 Å². The summed E-state index contributed by atoms with van der Waals surface area (Å²) in [6.07, 6.45) is 0. The second-order valence-electron chi connectivity index (χ2n) is 3.35. The Bertz CT molecular complexity index is 516. The van der Waals surface area contributed by atoms with Gasteiger partial charge in [-0.1, -0.05) is 24.3 Å². The van der Waals surface area contributed by atoms with E-state index >= 15 is 0 Å². The molecule has 0 bridgehead atoms. The zero-order valence-corrected chi connectivity index (χ0v) is 9.68. The molecule has 0 spiro atoms. The first kappa shape index (κ1) is 12.8. The van der Waals surface area contributed by atoms with Crippen LogP contribution in [0.25, 0.3) is 10.8 Å². The zero-order chi connectivity index (χ0) is 12.8. The number of phenolic OH excluding ortho intramolecular Hbond substituents is 1. The molecule has 0 saturated heterocycles. The number of carbonyl (C=O) groups is 1. The van der Waals surface area contributed by atoms with Crippen LogP contribution in [0.5, 0.6) is 11.5 Å². The van der Waals surface area contributed by atoms with Crippen LogP contribution in [0.2, 0.25) is 0 Å². The van der Waals surface area contributed by atoms with E-state index in [0.717, 1.165) is 23.4 Å². The number of fused-ring (bicyclic) bond motifs is 1. The quantitative estimate of drug-likeness (QED) is 0.796. The van der Waals surface area contributed by atoms with Gasteiger partial charge in [0.2, 0.25) is 0 Å². The molecule has 2 aromatic rings. The molecule has 2 aromatic carbocycles. The Morgan fingerprint density at radius 2 is 1.65 bits per heavy atom. The minimum absolute atomic E-state index is 0.288. The van der Waals surface area contributed by atoms with Gasteiger partial charge in [0.05, 0.1) is 7.11 Å². The normalized spacial score (nSPS) is 9.29. The van der Waals surface area contributed by atoms with Gasteiger partial charge in [-0.25, -0.2) is 0 Å². The molecule has 0 aromatic heterocycles. The summed E-state index contributed by atoms with van der Waals surface area (Å²) in [5, 5.41) is 18.7. The van der Waals surface area contributed by atoms with Gasteiger partial charge in [0.1, 0.15) is 11.5 Å². The number of carboxylic acids is 1. The fraction of sp³-hybridized carbons (Fsp3) is 0.154. The van der Waals surface area contributed by atoms with Crippen molar-refractivity contribution in [2.45, 2.75) is 6.92 Å². The largest absolute Gasteiger partial charge is 0.507 e. The first-order valence-electron chi connectivity index (χ1n) is 5.00. The number of hydrogen-bond donors (Lipinski definition) is 2. The minimum Gasteiger partial charge on any atom is -0.507 e. The Morgan fingerprint density at radius 1 is 1.12 bits per heavy atom. The van der Waals surface area contributed by atoms with Gasteiger partial charge in [-0.15, -0.1) is 0 Å². The van der Waals surface area contributed by atoms with E-state index in [4.69, 9.17) is 14.6 Å². The fourth-order valence-corrected chi connectivity index (χ4v) is 1.43. The van der Waals surface area contributed by atoms with Gasteiger partial charge < -0.3 is 14.9 Å². The Kier molecular flexibility index (Phi) is 4.34. The second-order valence-corrected chi connectivity index (χ2v) is 3.35. The maximum absolute atomic E-state index is 9.54. The number of phenols is 1. The molecule has 0 heterocycles. The van der Waals surface area contributed by atoms with Gasteiger partial charge in [-0.05, 0) is 12.1 Å². The third-order valence-corrected chi connectivity index (χ3v) is 2.08. The van der Waals surface area contributed by atoms with Crippen molar-refractivity contribution in [2.75, 3.05) is 7.11 Å². The number of rotatable bonds is 1. The van der Waals surface area contributed by atoms with Gasteiger partial charge in [-0.2, -0.15) is 0 Å². The van der Waals surface area contributed by atoms with Crippen molar-refractivity contribution in [3.8, 4) is 11.5 Å². The molecule has 4 heteroatoms. The molecule has 2 N–H and O–H groups in total. The summed E-state index contributed by atoms with van der Waals surface area (Å²) in [6, 6.07) is 11.0. The summed E-state index contributed by atoms with van der Waals surface area (Å²) in [5.74, 6) is 0.241. The summed E-state index contributed by atoms with van der Waals surface area (Å²) in [6.45, 7) is 1.08. The van der Waals surface area contributed by atoms with Crippen LogP contribution in [0.3, 0.4) is 0 Å². The van der Waals surface area contributed by atoms with E-state index < -0.39 is 5.97 Å². The zero-order valence-electron chi connectivity index (χ0n) is 9.68. The van der Waals surface area contributed by atoms with E-state index in [1.165, 1.54) is 0 Å². The van der Waals surface area contributed by atoms with Crippen molar-refractivity contribution in [1.82, 2.24) is 0 Å². The van der Waals surface area contributed by atoms with Crippen molar-refractivity contribution >= 4 is 16.7 Å². The van der Waals surface area contributed by atoms with Crippen LogP contribution < -0.4 is 4.74 Å². The van der Waals surface area contributed by atoms with Crippen LogP contribution >= 0.6 is 0 Å². The molecular weight excluding hydrogens is 220 g/mol. The van der Waals surface area contributed by atoms with E-state index in [9.17, 15) is 5.11 Å². The second kappa shape index (κ2) is 5.75. The molecule has 0 fully saturated rings. The van der Waals surface area contributed by atoms with Crippen molar-refractivity contribution in [1.29, 1.82) is 0 Å². The van der Waals surface area contributed by atoms with E-state index in [-0.39, 0.29) is 5.75 Å². The van der Waals surface area contributed by atoms with Crippen LogP contribution in [-0.4, -0.2) is 23.3 Å². The average Bonchev–Trinajstić information content (AvgIpc) is 2.29. The van der Waals surface area contributed by atoms with Gasteiger partial charge >= 0.3 is 0 Å². The number of aromatic hydroxyl groups is 1. The highest BCUT2D eigenvalue weighted by Gasteiger charge is 2.03. The molecule has 17 heavy (non-hydrogen) atoms. The molecule has 0 amide bonds. The van der Waals surface area contributed by atoms with Gasteiger partial charge in [0.25, 0.3) is 5.97 Å². The first-order valence-corrected chi connectivity index (χ1v) is 5.00. The summed E-state index contributed by atoms with van der Waals surface area (Å²) >= 11 is 0. The molecule has 2 rings (SSSR count). The minimum atomic E-state index is -0.833. The van der Waals surface area contributed by atoms with Crippen LogP contribution in [0.15, 0.2) is 36.4 Å². The lowest BCUT2D eigenvalue weighted by atomic mass is 10.1. The lowest BCUT2D eigenvalue weighted by molar-refractivity contribution is -0.134. The first-order chi connectivity index (χ1) is 8.06. The predicted molar refractivity (Wildman–Crippen MR) is 65.5 cm³/mol. The highest BCUT2D eigenvalue weighted by molar-refractivity contribution is 5.92. The maximum atomic E-state index is 9.54. The Hall–Kier alpha value is -2.23. The molecule has 90 valence electrons. The number of benzene rings is 2. The molecule has 4 nitrogen and oxygen atoms in total. The molecule has 0 saturated carbocycles. The molecule has 0 unspecified atom stereocenters. The Balaban J connectivity index is 0.000000317. The molecule has 0 aliphatic rings. The predicted octanol–water partition coefficient (Wildman–Crippen LogP) is 2.64. The van der Waals surface area contributed by atoms with E-state index in [0.29, 0.717) is 0 Å². The van der Waals surface area contributed by atoms with E-state index in [1.54, 1.807) is 19.2 Å². The van der Waals surface area contributed by atoms with Gasteiger partial charge in [0, 0.05) is 17.7 Å². The topological polar surface area (TPSA) is 66.8 Å². The fourth-order valence-electron chi connectivity index (χ4n) is 1.43. The van der Waals surface area contributed by atoms with Crippen molar-refractivity contribution in [3.05, 3.63) is 36.4 Å². The summed E-state index contributed by atoms with van der Waals surface area (Å²) in [7, 11) is 1.62. The highest BCUT2D eigenvalue weighted by atomic mass is 16.5. The summed E-state index contributed by atoms with van der Waals surface area (Å²) < 4.78 is 5.17. The number of aliphatic carboxylic acids is 1. The number of methoxy groups -OCH3 is 1. The van der Waals surface area contributed by atoms with Gasteiger partial charge in [0.15, 0.2) is 0 Å². The Labute approximate surface area is 99.1 Å². The molecular formula is C13H14O4. The number of hydrogen-bond acceptors (Lipinski definition) is 3. The monoisotopic (exact) mass is 234 g/mol. The van der Waals surface area contributed by atoms with E-state index in [2.05, 4.69) is 0 Å². The van der Waals surface area contributed by atoms with Crippen LogP contribution in [-0.2, 0) is 4.79 Å². The Morgan fingerprint density at radius 3 is 2.18 bits per heavy atom.